The number of anilines is 1. The van der Waals surface area contributed by atoms with Crippen molar-refractivity contribution in [3.05, 3.63) is 28.8 Å². The first kappa shape index (κ1) is 23.5. The summed E-state index contributed by atoms with van der Waals surface area (Å²) < 4.78 is 31.4. The Kier molecular flexibility index (Phi) is 7.94. The van der Waals surface area contributed by atoms with Crippen molar-refractivity contribution in [3.63, 3.8) is 0 Å². The molecule has 0 N–H and O–H groups in total. The van der Waals surface area contributed by atoms with Crippen molar-refractivity contribution in [1.29, 1.82) is 0 Å². The second kappa shape index (κ2) is 9.80. The van der Waals surface area contributed by atoms with E-state index in [4.69, 9.17) is 16.3 Å². The lowest BCUT2D eigenvalue weighted by Crippen LogP contribution is -2.52. The van der Waals surface area contributed by atoms with E-state index < -0.39 is 16.1 Å². The van der Waals surface area contributed by atoms with Crippen LogP contribution in [0.25, 0.3) is 0 Å². The van der Waals surface area contributed by atoms with E-state index in [1.807, 2.05) is 6.92 Å². The van der Waals surface area contributed by atoms with Crippen molar-refractivity contribution in [3.8, 4) is 0 Å². The number of likely N-dealkylation sites (tertiary alicyclic amines) is 1. The molecule has 1 aromatic rings. The van der Waals surface area contributed by atoms with Gasteiger partial charge in [0.05, 0.1) is 24.5 Å². The molecule has 162 valence electrons. The molecule has 9 heteroatoms. The molecule has 1 fully saturated rings. The van der Waals surface area contributed by atoms with Crippen molar-refractivity contribution >= 4 is 39.2 Å². The highest BCUT2D eigenvalue weighted by atomic mass is 35.5. The van der Waals surface area contributed by atoms with Crippen LogP contribution in [-0.4, -0.2) is 57.2 Å². The van der Waals surface area contributed by atoms with Crippen LogP contribution in [0.2, 0.25) is 5.02 Å². The first-order valence-electron chi connectivity index (χ1n) is 9.81. The predicted molar refractivity (Wildman–Crippen MR) is 114 cm³/mol. The summed E-state index contributed by atoms with van der Waals surface area (Å²) in [6, 6.07) is 4.09. The van der Waals surface area contributed by atoms with Gasteiger partial charge < -0.3 is 9.64 Å². The number of aryl methyl sites for hydroxylation is 1. The number of piperidine rings is 1. The summed E-state index contributed by atoms with van der Waals surface area (Å²) in [5.74, 6) is -0.725. The number of esters is 1. The van der Waals surface area contributed by atoms with Crippen molar-refractivity contribution in [2.75, 3.05) is 30.3 Å². The minimum atomic E-state index is -3.72. The molecule has 29 heavy (non-hydrogen) atoms. The molecular formula is C20H29ClN2O5S. The van der Waals surface area contributed by atoms with Gasteiger partial charge in [-0.25, -0.2) is 8.42 Å². The standard InChI is InChI=1S/C20H29ClN2O5S/c1-5-18(19(24)22-11-9-15(10-12-22)20(25)28-6-2)23(29(4,26)27)16-8-7-14(3)17(21)13-16/h7-8,13,15,18H,5-6,9-12H2,1-4H3/t18-/m1/s1. The highest BCUT2D eigenvalue weighted by Crippen LogP contribution is 2.29. The van der Waals surface area contributed by atoms with Gasteiger partial charge in [-0.1, -0.05) is 24.6 Å². The fourth-order valence-corrected chi connectivity index (χ4v) is 4.94. The summed E-state index contributed by atoms with van der Waals surface area (Å²) in [6.07, 6.45) is 2.42. The van der Waals surface area contributed by atoms with E-state index in [0.29, 0.717) is 49.7 Å². The molecular weight excluding hydrogens is 416 g/mol. The van der Waals surface area contributed by atoms with Gasteiger partial charge in [0.1, 0.15) is 6.04 Å². The molecule has 1 heterocycles. The van der Waals surface area contributed by atoms with Crippen molar-refractivity contribution in [2.24, 2.45) is 5.92 Å². The van der Waals surface area contributed by atoms with Gasteiger partial charge in [0.2, 0.25) is 15.9 Å². The third-order valence-electron chi connectivity index (χ3n) is 5.15. The van der Waals surface area contributed by atoms with Gasteiger partial charge in [-0.05, 0) is 50.8 Å². The van der Waals surface area contributed by atoms with Crippen molar-refractivity contribution < 1.29 is 22.7 Å². The first-order valence-corrected chi connectivity index (χ1v) is 12.0. The Bertz CT molecular complexity index is 850. The number of hydrogen-bond donors (Lipinski definition) is 0. The summed E-state index contributed by atoms with van der Waals surface area (Å²) in [5, 5.41) is 0.439. The number of nitrogens with zero attached hydrogens (tertiary/aromatic N) is 2. The molecule has 0 spiro atoms. The topological polar surface area (TPSA) is 84.0 Å². The molecule has 0 saturated carbocycles. The van der Waals surface area contributed by atoms with Crippen LogP contribution in [0.5, 0.6) is 0 Å². The molecule has 2 rings (SSSR count). The maximum absolute atomic E-state index is 13.2. The highest BCUT2D eigenvalue weighted by Gasteiger charge is 2.36. The Balaban J connectivity index is 2.23. The Labute approximate surface area is 178 Å². The van der Waals surface area contributed by atoms with E-state index in [1.54, 1.807) is 36.9 Å². The molecule has 1 saturated heterocycles. The number of sulfonamides is 1. The molecule has 1 aliphatic heterocycles. The molecule has 0 aliphatic carbocycles. The molecule has 0 unspecified atom stereocenters. The largest absolute Gasteiger partial charge is 0.466 e. The average Bonchev–Trinajstić information content (AvgIpc) is 2.67. The maximum atomic E-state index is 13.2. The molecule has 1 aromatic carbocycles. The summed E-state index contributed by atoms with van der Waals surface area (Å²) in [4.78, 5) is 26.8. The zero-order chi connectivity index (χ0) is 21.8. The quantitative estimate of drug-likeness (QED) is 0.603. The van der Waals surface area contributed by atoms with E-state index in [0.717, 1.165) is 16.1 Å². The van der Waals surface area contributed by atoms with E-state index in [1.165, 1.54) is 0 Å². The lowest BCUT2D eigenvalue weighted by molar-refractivity contribution is -0.151. The van der Waals surface area contributed by atoms with E-state index in [-0.39, 0.29) is 17.8 Å². The van der Waals surface area contributed by atoms with Crippen LogP contribution in [0, 0.1) is 12.8 Å². The smallest absolute Gasteiger partial charge is 0.309 e. The maximum Gasteiger partial charge on any atom is 0.309 e. The minimum absolute atomic E-state index is 0.221. The monoisotopic (exact) mass is 444 g/mol. The number of rotatable bonds is 7. The lowest BCUT2D eigenvalue weighted by Gasteiger charge is -2.37. The van der Waals surface area contributed by atoms with Gasteiger partial charge in [-0.15, -0.1) is 0 Å². The SMILES string of the molecule is CCOC(=O)C1CCN(C(=O)[C@@H](CC)N(c2ccc(C)c(Cl)c2)S(C)(=O)=O)CC1. The number of hydrogen-bond acceptors (Lipinski definition) is 5. The Morgan fingerprint density at radius 2 is 1.90 bits per heavy atom. The highest BCUT2D eigenvalue weighted by molar-refractivity contribution is 7.92. The van der Waals surface area contributed by atoms with Gasteiger partial charge in [-0.3, -0.25) is 13.9 Å². The molecule has 1 atom stereocenters. The molecule has 0 bridgehead atoms. The number of benzene rings is 1. The van der Waals surface area contributed by atoms with Crippen LogP contribution >= 0.6 is 11.6 Å². The zero-order valence-corrected chi connectivity index (χ0v) is 18.9. The van der Waals surface area contributed by atoms with Crippen molar-refractivity contribution in [1.82, 2.24) is 4.90 Å². The Morgan fingerprint density at radius 3 is 2.38 bits per heavy atom. The third kappa shape index (κ3) is 5.63. The fourth-order valence-electron chi connectivity index (χ4n) is 3.57. The zero-order valence-electron chi connectivity index (χ0n) is 17.4. The summed E-state index contributed by atoms with van der Waals surface area (Å²) in [6.45, 7) is 6.49. The number of halogens is 1. The second-order valence-corrected chi connectivity index (χ2v) is 9.53. The Hall–Kier alpha value is -1.80. The van der Waals surface area contributed by atoms with E-state index >= 15 is 0 Å². The van der Waals surface area contributed by atoms with Crippen LogP contribution in [0.4, 0.5) is 5.69 Å². The van der Waals surface area contributed by atoms with Crippen LogP contribution in [0.15, 0.2) is 18.2 Å². The normalized spacial score (nSPS) is 16.4. The third-order valence-corrected chi connectivity index (χ3v) is 6.74. The van der Waals surface area contributed by atoms with Gasteiger partial charge >= 0.3 is 5.97 Å². The van der Waals surface area contributed by atoms with E-state index in [2.05, 4.69) is 0 Å². The van der Waals surface area contributed by atoms with Gasteiger partial charge in [0.15, 0.2) is 0 Å². The number of carbonyl (C=O) groups is 2. The first-order chi connectivity index (χ1) is 13.6. The minimum Gasteiger partial charge on any atom is -0.466 e. The predicted octanol–water partition coefficient (Wildman–Crippen LogP) is 2.99. The van der Waals surface area contributed by atoms with Crippen LogP contribution in [0.3, 0.4) is 0 Å². The number of amides is 1. The molecule has 0 radical (unpaired) electrons. The van der Waals surface area contributed by atoms with Gasteiger partial charge in [-0.2, -0.15) is 0 Å². The fraction of sp³-hybridized carbons (Fsp3) is 0.600. The molecule has 7 nitrogen and oxygen atoms in total. The van der Waals surface area contributed by atoms with E-state index in [9.17, 15) is 18.0 Å². The summed E-state index contributed by atoms with van der Waals surface area (Å²) >= 11 is 6.19. The second-order valence-electron chi connectivity index (χ2n) is 7.27. The number of ether oxygens (including phenoxy) is 1. The van der Waals surface area contributed by atoms with Crippen LogP contribution in [-0.2, 0) is 24.3 Å². The molecule has 1 amide bonds. The van der Waals surface area contributed by atoms with Gasteiger partial charge in [0.25, 0.3) is 0 Å². The molecule has 1 aliphatic rings. The summed E-state index contributed by atoms with van der Waals surface area (Å²) in [5.41, 5.74) is 1.19. The molecule has 0 aromatic heterocycles. The lowest BCUT2D eigenvalue weighted by atomic mass is 9.96. The van der Waals surface area contributed by atoms with Gasteiger partial charge in [0, 0.05) is 18.1 Å². The number of carbonyl (C=O) groups excluding carboxylic acids is 2. The van der Waals surface area contributed by atoms with Crippen LogP contribution in [0.1, 0.15) is 38.7 Å². The summed E-state index contributed by atoms with van der Waals surface area (Å²) in [7, 11) is -3.72. The average molecular weight is 445 g/mol. The van der Waals surface area contributed by atoms with Crippen molar-refractivity contribution in [2.45, 2.75) is 46.1 Å². The Morgan fingerprint density at radius 1 is 1.28 bits per heavy atom. The van der Waals surface area contributed by atoms with Crippen LogP contribution < -0.4 is 4.31 Å².